The molecule has 1 rings (SSSR count). The van der Waals surface area contributed by atoms with Gasteiger partial charge in [-0.2, -0.15) is 0 Å². The lowest BCUT2D eigenvalue weighted by atomic mass is 9.85. The third-order valence-corrected chi connectivity index (χ3v) is 10.3. The van der Waals surface area contributed by atoms with Crippen molar-refractivity contribution in [2.75, 3.05) is 13.2 Å². The second-order valence-electron chi connectivity index (χ2n) is 14.5. The molecule has 14 heteroatoms. The number of rotatable bonds is 33. The first-order chi connectivity index (χ1) is 27.4. The molecular formula is C43H73O13P. The van der Waals surface area contributed by atoms with E-state index in [9.17, 15) is 44.6 Å². The molecule has 0 spiro atoms. The molecule has 0 heterocycles. The zero-order valence-electron chi connectivity index (χ0n) is 34.4. The molecule has 6 unspecified atom stereocenters. The number of carbonyl (C=O) groups is 2. The summed E-state index contributed by atoms with van der Waals surface area (Å²) >= 11 is 0. The molecule has 328 valence electrons. The van der Waals surface area contributed by atoms with E-state index in [-0.39, 0.29) is 12.8 Å². The first-order valence-electron chi connectivity index (χ1n) is 21.1. The van der Waals surface area contributed by atoms with E-state index in [0.717, 1.165) is 57.8 Å². The van der Waals surface area contributed by atoms with Crippen molar-refractivity contribution in [3.05, 3.63) is 60.8 Å². The molecular weight excluding hydrogens is 755 g/mol. The van der Waals surface area contributed by atoms with Crippen molar-refractivity contribution >= 4 is 19.8 Å². The van der Waals surface area contributed by atoms with Gasteiger partial charge in [-0.3, -0.25) is 18.6 Å². The van der Waals surface area contributed by atoms with Crippen molar-refractivity contribution in [1.82, 2.24) is 0 Å². The first-order valence-corrected chi connectivity index (χ1v) is 22.6. The Morgan fingerprint density at radius 3 is 1.58 bits per heavy atom. The molecule has 57 heavy (non-hydrogen) atoms. The number of phosphoric ester groups is 1. The molecule has 13 nitrogen and oxygen atoms in total. The monoisotopic (exact) mass is 828 g/mol. The SMILES string of the molecule is CC/C=C/C/C=C/C/C=C/C/C=C/CCCCC(=O)O[C@H](COC(=O)CCCCC/C=C/CCCCCCCC)COP(=O)(O)OC1C(O)C(O)C(O)[C@@H](O)C1O. The fraction of sp³-hybridized carbons (Fsp3) is 0.721. The number of allylic oxidation sites excluding steroid dienone is 10. The number of aliphatic hydroxyl groups excluding tert-OH is 5. The predicted molar refractivity (Wildman–Crippen MR) is 221 cm³/mol. The van der Waals surface area contributed by atoms with Gasteiger partial charge >= 0.3 is 19.8 Å². The molecule has 6 N–H and O–H groups in total. The summed E-state index contributed by atoms with van der Waals surface area (Å²) in [5.74, 6) is -1.17. The van der Waals surface area contributed by atoms with Crippen molar-refractivity contribution in [2.45, 2.75) is 185 Å². The van der Waals surface area contributed by atoms with Crippen molar-refractivity contribution < 1.29 is 63.1 Å². The van der Waals surface area contributed by atoms with Crippen molar-refractivity contribution in [3.63, 3.8) is 0 Å². The average Bonchev–Trinajstić information content (AvgIpc) is 3.19. The van der Waals surface area contributed by atoms with E-state index in [1.54, 1.807) is 0 Å². The Morgan fingerprint density at radius 2 is 1.00 bits per heavy atom. The van der Waals surface area contributed by atoms with Crippen LogP contribution in [0.2, 0.25) is 0 Å². The van der Waals surface area contributed by atoms with Gasteiger partial charge in [0.2, 0.25) is 0 Å². The van der Waals surface area contributed by atoms with Crippen molar-refractivity contribution in [3.8, 4) is 0 Å². The van der Waals surface area contributed by atoms with Gasteiger partial charge in [-0.25, -0.2) is 4.57 Å². The van der Waals surface area contributed by atoms with Crippen molar-refractivity contribution in [2.24, 2.45) is 0 Å². The molecule has 0 aromatic carbocycles. The van der Waals surface area contributed by atoms with Gasteiger partial charge in [0.15, 0.2) is 6.10 Å². The minimum absolute atomic E-state index is 0.0389. The second-order valence-corrected chi connectivity index (χ2v) is 15.9. The highest BCUT2D eigenvalue weighted by molar-refractivity contribution is 7.47. The molecule has 1 aliphatic carbocycles. The molecule has 0 saturated heterocycles. The highest BCUT2D eigenvalue weighted by Crippen LogP contribution is 2.47. The molecule has 1 fully saturated rings. The molecule has 0 aromatic rings. The lowest BCUT2D eigenvalue weighted by Gasteiger charge is -2.41. The van der Waals surface area contributed by atoms with Gasteiger partial charge in [-0.05, 0) is 77.0 Å². The Balaban J connectivity index is 2.56. The lowest BCUT2D eigenvalue weighted by molar-refractivity contribution is -0.220. The zero-order chi connectivity index (χ0) is 42.2. The van der Waals surface area contributed by atoms with Crippen LogP contribution in [0, 0.1) is 0 Å². The standard InChI is InChI=1S/C43H73O13P/c1-3-5-7-9-11-13-15-17-18-20-22-24-26-28-30-32-37(45)55-35(34-54-57(51,52)56-43-41(49)39(47)38(46)40(48)42(43)50)33-53-36(44)31-29-27-25-23-21-19-16-14-12-10-8-6-4-2/h5,7,11,13,17-19,21-22,24,35,38-43,46-50H,3-4,6,8-10,12,14-16,20,23,25-34H2,1-2H3,(H,51,52)/b7-5+,13-11+,18-17+,21-19+,24-22+/t35-,38?,39-,40?,41?,42?,43?/m1/s1. The molecule has 0 aromatic heterocycles. The van der Waals surface area contributed by atoms with Crippen LogP contribution >= 0.6 is 7.82 Å². The Hall–Kier alpha value is -2.45. The van der Waals surface area contributed by atoms with Crippen LogP contribution in [0.3, 0.4) is 0 Å². The van der Waals surface area contributed by atoms with Crippen LogP contribution in [0.25, 0.3) is 0 Å². The van der Waals surface area contributed by atoms with Gasteiger partial charge in [0.05, 0.1) is 6.61 Å². The van der Waals surface area contributed by atoms with Gasteiger partial charge in [-0.15, -0.1) is 0 Å². The number of carbonyl (C=O) groups excluding carboxylic acids is 2. The predicted octanol–water partition coefficient (Wildman–Crippen LogP) is 7.38. The van der Waals surface area contributed by atoms with Crippen LogP contribution in [0.5, 0.6) is 0 Å². The van der Waals surface area contributed by atoms with Gasteiger partial charge in [0.1, 0.15) is 43.2 Å². The van der Waals surface area contributed by atoms with Gasteiger partial charge < -0.3 is 39.9 Å². The van der Waals surface area contributed by atoms with E-state index >= 15 is 0 Å². The van der Waals surface area contributed by atoms with E-state index in [0.29, 0.717) is 19.3 Å². The van der Waals surface area contributed by atoms with Crippen LogP contribution in [-0.2, 0) is 32.7 Å². The summed E-state index contributed by atoms with van der Waals surface area (Å²) in [6, 6.07) is 0. The number of aliphatic hydroxyl groups is 5. The average molecular weight is 829 g/mol. The molecule has 8 atom stereocenters. The van der Waals surface area contributed by atoms with E-state index in [1.165, 1.54) is 38.5 Å². The lowest BCUT2D eigenvalue weighted by Crippen LogP contribution is -2.64. The maximum absolute atomic E-state index is 12.8. The fourth-order valence-corrected chi connectivity index (χ4v) is 6.89. The number of hydrogen-bond acceptors (Lipinski definition) is 12. The van der Waals surface area contributed by atoms with Gasteiger partial charge in [0.25, 0.3) is 0 Å². The minimum Gasteiger partial charge on any atom is -0.462 e. The summed E-state index contributed by atoms with van der Waals surface area (Å²) in [5.41, 5.74) is 0. The van der Waals surface area contributed by atoms with E-state index in [1.807, 2.05) is 6.08 Å². The summed E-state index contributed by atoms with van der Waals surface area (Å²) in [6.07, 6.45) is 25.8. The number of ether oxygens (including phenoxy) is 2. The summed E-state index contributed by atoms with van der Waals surface area (Å²) in [7, 11) is -5.13. The summed E-state index contributed by atoms with van der Waals surface area (Å²) in [4.78, 5) is 35.5. The maximum atomic E-state index is 12.8. The molecule has 1 aliphatic rings. The molecule has 0 radical (unpaired) electrons. The fourth-order valence-electron chi connectivity index (χ4n) is 5.92. The number of unbranched alkanes of at least 4 members (excludes halogenated alkanes) is 11. The highest BCUT2D eigenvalue weighted by atomic mass is 31.2. The van der Waals surface area contributed by atoms with Crippen LogP contribution in [0.4, 0.5) is 0 Å². The summed E-state index contributed by atoms with van der Waals surface area (Å²) < 4.78 is 33.4. The van der Waals surface area contributed by atoms with Crippen molar-refractivity contribution in [1.29, 1.82) is 0 Å². The third kappa shape index (κ3) is 26.3. The highest BCUT2D eigenvalue weighted by Gasteiger charge is 2.51. The first kappa shape index (κ1) is 52.6. The molecule has 0 amide bonds. The summed E-state index contributed by atoms with van der Waals surface area (Å²) in [5, 5.41) is 50.0. The molecule has 1 saturated carbocycles. The minimum atomic E-state index is -5.13. The number of esters is 2. The largest absolute Gasteiger partial charge is 0.472 e. The van der Waals surface area contributed by atoms with E-state index < -0.39 is 75.7 Å². The van der Waals surface area contributed by atoms with Crippen LogP contribution < -0.4 is 0 Å². The number of hydrogen-bond donors (Lipinski definition) is 6. The zero-order valence-corrected chi connectivity index (χ0v) is 35.3. The van der Waals surface area contributed by atoms with Gasteiger partial charge in [-0.1, -0.05) is 113 Å². The number of phosphoric acid groups is 1. The van der Waals surface area contributed by atoms with E-state index in [4.69, 9.17) is 18.5 Å². The smallest absolute Gasteiger partial charge is 0.462 e. The second kappa shape index (κ2) is 33.4. The third-order valence-electron chi connectivity index (χ3n) is 9.34. The van der Waals surface area contributed by atoms with Crippen LogP contribution in [0.15, 0.2) is 60.8 Å². The maximum Gasteiger partial charge on any atom is 0.472 e. The van der Waals surface area contributed by atoms with Crippen LogP contribution in [-0.4, -0.2) is 98.3 Å². The Morgan fingerprint density at radius 1 is 0.561 bits per heavy atom. The molecule has 0 aliphatic heterocycles. The molecule has 0 bridgehead atoms. The van der Waals surface area contributed by atoms with Gasteiger partial charge in [0, 0.05) is 12.8 Å². The normalized spacial score (nSPS) is 23.3. The topological polar surface area (TPSA) is 210 Å². The Kier molecular flexibility index (Phi) is 30.8. The van der Waals surface area contributed by atoms with Crippen LogP contribution in [0.1, 0.15) is 142 Å². The van der Waals surface area contributed by atoms with E-state index in [2.05, 4.69) is 68.5 Å². The quantitative estimate of drug-likeness (QED) is 0.0165. The summed E-state index contributed by atoms with van der Waals surface area (Å²) in [6.45, 7) is 3.10. The Labute approximate surface area is 341 Å². The Bertz CT molecular complexity index is 1230.